The molecule has 0 aliphatic carbocycles. The van der Waals surface area contributed by atoms with Gasteiger partial charge in [-0.2, -0.15) is 0 Å². The molecule has 0 aliphatic heterocycles. The predicted octanol–water partition coefficient (Wildman–Crippen LogP) is 3.73. The van der Waals surface area contributed by atoms with Crippen molar-refractivity contribution in [2.75, 3.05) is 6.54 Å². The van der Waals surface area contributed by atoms with Crippen LogP contribution in [0.4, 0.5) is 0 Å². The first kappa shape index (κ1) is 15.5. The van der Waals surface area contributed by atoms with E-state index >= 15 is 0 Å². The molecule has 2 nitrogen and oxygen atoms in total. The van der Waals surface area contributed by atoms with Gasteiger partial charge in [0.1, 0.15) is 0 Å². The van der Waals surface area contributed by atoms with Gasteiger partial charge in [0.25, 0.3) is 0 Å². The van der Waals surface area contributed by atoms with Crippen molar-refractivity contribution in [1.82, 2.24) is 5.32 Å². The lowest BCUT2D eigenvalue weighted by atomic mass is 10.1. The molecule has 18 heavy (non-hydrogen) atoms. The van der Waals surface area contributed by atoms with E-state index in [4.69, 9.17) is 17.3 Å². The fraction of sp³-hybridized carbons (Fsp3) is 0.600. The van der Waals surface area contributed by atoms with Crippen LogP contribution in [0.1, 0.15) is 44.6 Å². The van der Waals surface area contributed by atoms with Crippen LogP contribution in [0.3, 0.4) is 0 Å². The van der Waals surface area contributed by atoms with Crippen LogP contribution >= 0.6 is 11.6 Å². The molecule has 0 aromatic heterocycles. The van der Waals surface area contributed by atoms with Crippen LogP contribution in [0.25, 0.3) is 0 Å². The zero-order valence-corrected chi connectivity index (χ0v) is 12.0. The first-order valence-electron chi connectivity index (χ1n) is 6.94. The molecule has 0 heterocycles. The smallest absolute Gasteiger partial charge is 0.0450 e. The average Bonchev–Trinajstić information content (AvgIpc) is 2.40. The van der Waals surface area contributed by atoms with Gasteiger partial charge in [0.15, 0.2) is 0 Å². The van der Waals surface area contributed by atoms with E-state index < -0.39 is 0 Å². The third kappa shape index (κ3) is 5.85. The summed E-state index contributed by atoms with van der Waals surface area (Å²) in [6.45, 7) is 3.89. The van der Waals surface area contributed by atoms with Gasteiger partial charge in [0.2, 0.25) is 0 Å². The van der Waals surface area contributed by atoms with Crippen molar-refractivity contribution in [3.8, 4) is 0 Å². The number of benzene rings is 1. The summed E-state index contributed by atoms with van der Waals surface area (Å²) in [6.07, 6.45) is 6.01. The summed E-state index contributed by atoms with van der Waals surface area (Å²) < 4.78 is 0. The Morgan fingerprint density at radius 1 is 1.22 bits per heavy atom. The molecule has 0 bridgehead atoms. The first-order valence-corrected chi connectivity index (χ1v) is 7.32. The van der Waals surface area contributed by atoms with Gasteiger partial charge in [-0.3, -0.25) is 0 Å². The minimum atomic E-state index is 0.582. The largest absolute Gasteiger partial charge is 0.330 e. The minimum Gasteiger partial charge on any atom is -0.330 e. The van der Waals surface area contributed by atoms with E-state index in [1.165, 1.54) is 24.8 Å². The van der Waals surface area contributed by atoms with Crippen molar-refractivity contribution in [3.05, 3.63) is 34.9 Å². The lowest BCUT2D eigenvalue weighted by Gasteiger charge is -2.17. The highest BCUT2D eigenvalue weighted by Crippen LogP contribution is 2.15. The molecule has 3 N–H and O–H groups in total. The molecule has 0 amide bonds. The summed E-state index contributed by atoms with van der Waals surface area (Å²) in [5.74, 6) is 0. The number of hydrogen-bond donors (Lipinski definition) is 2. The number of unbranched alkanes of at least 4 members (excludes halogenated alkanes) is 2. The van der Waals surface area contributed by atoms with Crippen LogP contribution < -0.4 is 11.1 Å². The van der Waals surface area contributed by atoms with Gasteiger partial charge in [-0.25, -0.2) is 0 Å². The van der Waals surface area contributed by atoms with Gasteiger partial charge in [-0.05, 0) is 37.4 Å². The fourth-order valence-electron chi connectivity index (χ4n) is 2.06. The van der Waals surface area contributed by atoms with Crippen molar-refractivity contribution in [3.63, 3.8) is 0 Å². The van der Waals surface area contributed by atoms with Gasteiger partial charge in [-0.15, -0.1) is 0 Å². The highest BCUT2D eigenvalue weighted by atomic mass is 35.5. The minimum absolute atomic E-state index is 0.582. The fourth-order valence-corrected chi connectivity index (χ4v) is 2.26. The van der Waals surface area contributed by atoms with Crippen LogP contribution in [0.15, 0.2) is 24.3 Å². The molecular weight excluding hydrogens is 244 g/mol. The van der Waals surface area contributed by atoms with Gasteiger partial charge in [-0.1, -0.05) is 49.6 Å². The second kappa shape index (κ2) is 9.37. The van der Waals surface area contributed by atoms with Crippen molar-refractivity contribution >= 4 is 11.6 Å². The molecule has 0 fully saturated rings. The van der Waals surface area contributed by atoms with E-state index in [-0.39, 0.29) is 0 Å². The Balaban J connectivity index is 2.29. The Morgan fingerprint density at radius 2 is 2.00 bits per heavy atom. The van der Waals surface area contributed by atoms with Gasteiger partial charge >= 0.3 is 0 Å². The van der Waals surface area contributed by atoms with Crippen LogP contribution in [-0.4, -0.2) is 12.6 Å². The molecule has 1 rings (SSSR count). The third-order valence-corrected chi connectivity index (χ3v) is 3.66. The summed E-state index contributed by atoms with van der Waals surface area (Å²) in [4.78, 5) is 0. The maximum absolute atomic E-state index is 6.14. The standard InChI is InChI=1S/C15H25ClN2/c1-2-14(9-4-3-7-11-17)18-12-13-8-5-6-10-15(13)16/h5-6,8,10,14,18H,2-4,7,9,11-12,17H2,1H3. The number of rotatable bonds is 9. The van der Waals surface area contributed by atoms with Crippen LogP contribution in [0, 0.1) is 0 Å². The Labute approximate surface area is 116 Å². The third-order valence-electron chi connectivity index (χ3n) is 3.29. The maximum atomic E-state index is 6.14. The van der Waals surface area contributed by atoms with Crippen LogP contribution in [-0.2, 0) is 6.54 Å². The number of halogens is 1. The van der Waals surface area contributed by atoms with Crippen molar-refractivity contribution in [2.45, 2.75) is 51.6 Å². The second-order valence-electron chi connectivity index (χ2n) is 4.72. The van der Waals surface area contributed by atoms with Gasteiger partial charge < -0.3 is 11.1 Å². The average molecular weight is 269 g/mol. The lowest BCUT2D eigenvalue weighted by Crippen LogP contribution is -2.28. The summed E-state index contributed by atoms with van der Waals surface area (Å²) >= 11 is 6.14. The molecule has 0 spiro atoms. The van der Waals surface area contributed by atoms with Gasteiger partial charge in [0, 0.05) is 17.6 Å². The van der Waals surface area contributed by atoms with E-state index in [0.717, 1.165) is 31.0 Å². The molecular formula is C15H25ClN2. The SMILES string of the molecule is CCC(CCCCCN)NCc1ccccc1Cl. The summed E-state index contributed by atoms with van der Waals surface area (Å²) in [5, 5.41) is 4.44. The van der Waals surface area contributed by atoms with E-state index in [1.807, 2.05) is 18.2 Å². The monoisotopic (exact) mass is 268 g/mol. The number of nitrogens with two attached hydrogens (primary N) is 1. The van der Waals surface area contributed by atoms with Crippen LogP contribution in [0.2, 0.25) is 5.02 Å². The maximum Gasteiger partial charge on any atom is 0.0450 e. The number of hydrogen-bond acceptors (Lipinski definition) is 2. The number of nitrogens with one attached hydrogen (secondary N) is 1. The topological polar surface area (TPSA) is 38.0 Å². The van der Waals surface area contributed by atoms with Gasteiger partial charge in [0.05, 0.1) is 0 Å². The van der Waals surface area contributed by atoms with Crippen molar-refractivity contribution in [2.24, 2.45) is 5.73 Å². The molecule has 0 radical (unpaired) electrons. The Morgan fingerprint density at radius 3 is 2.67 bits per heavy atom. The Bertz CT molecular complexity index is 328. The summed E-state index contributed by atoms with van der Waals surface area (Å²) in [5.41, 5.74) is 6.68. The molecule has 102 valence electrons. The molecule has 1 atom stereocenters. The Hall–Kier alpha value is -0.570. The van der Waals surface area contributed by atoms with Crippen molar-refractivity contribution < 1.29 is 0 Å². The molecule has 0 aliphatic rings. The molecule has 0 saturated carbocycles. The van der Waals surface area contributed by atoms with E-state index in [9.17, 15) is 0 Å². The second-order valence-corrected chi connectivity index (χ2v) is 5.12. The quantitative estimate of drug-likeness (QED) is 0.670. The predicted molar refractivity (Wildman–Crippen MR) is 79.9 cm³/mol. The molecule has 1 aromatic carbocycles. The zero-order valence-electron chi connectivity index (χ0n) is 11.3. The highest BCUT2D eigenvalue weighted by Gasteiger charge is 2.06. The summed E-state index contributed by atoms with van der Waals surface area (Å²) in [6, 6.07) is 8.61. The Kier molecular flexibility index (Phi) is 8.06. The molecule has 3 heteroatoms. The molecule has 1 unspecified atom stereocenters. The highest BCUT2D eigenvalue weighted by molar-refractivity contribution is 6.31. The van der Waals surface area contributed by atoms with Crippen molar-refractivity contribution in [1.29, 1.82) is 0 Å². The first-order chi connectivity index (χ1) is 8.77. The summed E-state index contributed by atoms with van der Waals surface area (Å²) in [7, 11) is 0. The van der Waals surface area contributed by atoms with E-state index in [1.54, 1.807) is 0 Å². The normalized spacial score (nSPS) is 12.6. The molecule has 0 saturated heterocycles. The molecule has 1 aromatic rings. The van der Waals surface area contributed by atoms with Crippen LogP contribution in [0.5, 0.6) is 0 Å². The van der Waals surface area contributed by atoms with E-state index in [2.05, 4.69) is 18.3 Å². The zero-order chi connectivity index (χ0) is 13.2. The van der Waals surface area contributed by atoms with E-state index in [0.29, 0.717) is 6.04 Å². The lowest BCUT2D eigenvalue weighted by molar-refractivity contribution is 0.445.